The van der Waals surface area contributed by atoms with Crippen LogP contribution in [0.25, 0.3) is 0 Å². The summed E-state index contributed by atoms with van der Waals surface area (Å²) >= 11 is 0. The average Bonchev–Trinajstić information content (AvgIpc) is 2.29. The van der Waals surface area contributed by atoms with Crippen LogP contribution < -0.4 is 16.8 Å². The molecule has 2 amide bonds. The monoisotopic (exact) mass is 299 g/mol. The Bertz CT molecular complexity index is 640. The second-order valence-corrected chi connectivity index (χ2v) is 6.53. The summed E-state index contributed by atoms with van der Waals surface area (Å²) < 4.78 is 22.9. The number of amides is 2. The first-order valence-electron chi connectivity index (χ1n) is 5.76. The van der Waals surface area contributed by atoms with Crippen molar-refractivity contribution in [3.05, 3.63) is 23.8 Å². The molecule has 1 atom stereocenters. The minimum absolute atomic E-state index is 0.0851. The maximum Gasteiger partial charge on any atom is 0.241 e. The number of carbonyl (C=O) groups excluding carboxylic acids is 2. The molecule has 0 aliphatic heterocycles. The van der Waals surface area contributed by atoms with Crippen molar-refractivity contribution in [3.8, 4) is 0 Å². The van der Waals surface area contributed by atoms with Crippen molar-refractivity contribution in [1.29, 1.82) is 0 Å². The molecule has 0 saturated carbocycles. The number of nitrogens with one attached hydrogen (secondary N) is 1. The molecular weight excluding hydrogens is 282 g/mol. The number of rotatable bonds is 5. The van der Waals surface area contributed by atoms with Gasteiger partial charge in [0.2, 0.25) is 11.8 Å². The molecule has 0 bridgehead atoms. The molecule has 7 nitrogen and oxygen atoms in total. The molecule has 0 fully saturated rings. The van der Waals surface area contributed by atoms with E-state index >= 15 is 0 Å². The van der Waals surface area contributed by atoms with Gasteiger partial charge in [0.25, 0.3) is 0 Å². The van der Waals surface area contributed by atoms with Gasteiger partial charge in [0.15, 0.2) is 9.84 Å². The predicted molar refractivity (Wildman–Crippen MR) is 74.7 cm³/mol. The van der Waals surface area contributed by atoms with Crippen LogP contribution in [0.5, 0.6) is 0 Å². The SMILES string of the molecule is Cc1ccc(S(C)(=O)=O)cc1NC(=O)C(N)CC(N)=O. The fourth-order valence-corrected chi connectivity index (χ4v) is 2.15. The minimum Gasteiger partial charge on any atom is -0.370 e. The number of hydrogen-bond acceptors (Lipinski definition) is 5. The van der Waals surface area contributed by atoms with E-state index in [0.29, 0.717) is 11.3 Å². The second kappa shape index (κ2) is 6.02. The molecule has 0 spiro atoms. The van der Waals surface area contributed by atoms with Crippen molar-refractivity contribution in [2.24, 2.45) is 11.5 Å². The molecule has 20 heavy (non-hydrogen) atoms. The maximum absolute atomic E-state index is 11.8. The summed E-state index contributed by atoms with van der Waals surface area (Å²) in [6.07, 6.45) is 0.790. The van der Waals surface area contributed by atoms with Crippen molar-refractivity contribution in [2.45, 2.75) is 24.3 Å². The lowest BCUT2D eigenvalue weighted by atomic mass is 10.1. The summed E-state index contributed by atoms with van der Waals surface area (Å²) in [5.41, 5.74) is 11.5. The van der Waals surface area contributed by atoms with Crippen molar-refractivity contribution in [1.82, 2.24) is 0 Å². The summed E-state index contributed by atoms with van der Waals surface area (Å²) in [5, 5.41) is 2.49. The van der Waals surface area contributed by atoms with E-state index in [1.807, 2.05) is 0 Å². The van der Waals surface area contributed by atoms with Gasteiger partial charge in [-0.1, -0.05) is 6.07 Å². The molecule has 8 heteroatoms. The number of primary amides is 1. The highest BCUT2D eigenvalue weighted by Gasteiger charge is 2.17. The number of sulfone groups is 1. The lowest BCUT2D eigenvalue weighted by Gasteiger charge is -2.13. The van der Waals surface area contributed by atoms with E-state index in [2.05, 4.69) is 5.32 Å². The van der Waals surface area contributed by atoms with E-state index in [9.17, 15) is 18.0 Å². The van der Waals surface area contributed by atoms with Gasteiger partial charge in [-0.15, -0.1) is 0 Å². The van der Waals surface area contributed by atoms with E-state index in [4.69, 9.17) is 11.5 Å². The number of nitrogens with two attached hydrogens (primary N) is 2. The molecule has 0 aliphatic rings. The molecule has 1 aromatic rings. The number of hydrogen-bond donors (Lipinski definition) is 3. The van der Waals surface area contributed by atoms with Crippen LogP contribution in [0.1, 0.15) is 12.0 Å². The molecule has 110 valence electrons. The zero-order valence-electron chi connectivity index (χ0n) is 11.2. The van der Waals surface area contributed by atoms with Gasteiger partial charge in [-0.25, -0.2) is 8.42 Å². The highest BCUT2D eigenvalue weighted by molar-refractivity contribution is 7.90. The highest BCUT2D eigenvalue weighted by Crippen LogP contribution is 2.20. The van der Waals surface area contributed by atoms with Crippen molar-refractivity contribution >= 4 is 27.3 Å². The van der Waals surface area contributed by atoms with Gasteiger partial charge < -0.3 is 16.8 Å². The van der Waals surface area contributed by atoms with E-state index in [-0.39, 0.29) is 11.3 Å². The summed E-state index contributed by atoms with van der Waals surface area (Å²) in [6.45, 7) is 1.71. The molecule has 5 N–H and O–H groups in total. The first-order valence-corrected chi connectivity index (χ1v) is 7.66. The number of carbonyl (C=O) groups is 2. The molecule has 0 radical (unpaired) electrons. The molecular formula is C12H17N3O4S. The van der Waals surface area contributed by atoms with Crippen LogP contribution in [0.3, 0.4) is 0 Å². The summed E-state index contributed by atoms with van der Waals surface area (Å²) in [7, 11) is -3.37. The highest BCUT2D eigenvalue weighted by atomic mass is 32.2. The zero-order valence-corrected chi connectivity index (χ0v) is 12.0. The standard InChI is InChI=1S/C12H17N3O4S/c1-7-3-4-8(20(2,18)19)5-10(7)15-12(17)9(13)6-11(14)16/h3-5,9H,6,13H2,1-2H3,(H2,14,16)(H,15,17). The van der Waals surface area contributed by atoms with Gasteiger partial charge in [0.1, 0.15) is 0 Å². The van der Waals surface area contributed by atoms with Crippen LogP contribution in [-0.2, 0) is 19.4 Å². The maximum atomic E-state index is 11.8. The van der Waals surface area contributed by atoms with Crippen LogP contribution in [0.2, 0.25) is 0 Å². The molecule has 0 heterocycles. The lowest BCUT2D eigenvalue weighted by Crippen LogP contribution is -2.39. The molecule has 0 aliphatic carbocycles. The molecule has 0 aromatic heterocycles. The third kappa shape index (κ3) is 4.32. The molecule has 1 aromatic carbocycles. The predicted octanol–water partition coefficient (Wildman–Crippen LogP) is -0.460. The Balaban J connectivity index is 2.98. The summed E-state index contributed by atoms with van der Waals surface area (Å²) in [4.78, 5) is 22.6. The average molecular weight is 299 g/mol. The second-order valence-electron chi connectivity index (χ2n) is 4.52. The van der Waals surface area contributed by atoms with E-state index in [0.717, 1.165) is 6.26 Å². The Kier molecular flexibility index (Phi) is 4.85. The van der Waals surface area contributed by atoms with Crippen molar-refractivity contribution in [3.63, 3.8) is 0 Å². The van der Waals surface area contributed by atoms with Gasteiger partial charge in [-0.3, -0.25) is 9.59 Å². The van der Waals surface area contributed by atoms with Crippen LogP contribution >= 0.6 is 0 Å². The van der Waals surface area contributed by atoms with Crippen LogP contribution in [-0.4, -0.2) is 32.5 Å². The van der Waals surface area contributed by atoms with Gasteiger partial charge in [0.05, 0.1) is 17.4 Å². The Hall–Kier alpha value is -1.93. The molecule has 0 saturated heterocycles. The lowest BCUT2D eigenvalue weighted by molar-refractivity contribution is -0.123. The quantitative estimate of drug-likeness (QED) is 0.676. The van der Waals surface area contributed by atoms with Gasteiger partial charge in [0, 0.05) is 11.9 Å². The van der Waals surface area contributed by atoms with Crippen LogP contribution in [0, 0.1) is 6.92 Å². The van der Waals surface area contributed by atoms with Crippen molar-refractivity contribution in [2.75, 3.05) is 11.6 Å². The fourth-order valence-electron chi connectivity index (χ4n) is 1.50. The van der Waals surface area contributed by atoms with E-state index in [1.54, 1.807) is 13.0 Å². The van der Waals surface area contributed by atoms with E-state index in [1.165, 1.54) is 12.1 Å². The number of aryl methyl sites for hydroxylation is 1. The van der Waals surface area contributed by atoms with E-state index < -0.39 is 27.7 Å². The minimum atomic E-state index is -3.37. The Morgan fingerprint density at radius 2 is 1.95 bits per heavy atom. The smallest absolute Gasteiger partial charge is 0.241 e. The van der Waals surface area contributed by atoms with Gasteiger partial charge >= 0.3 is 0 Å². The number of benzene rings is 1. The first-order chi connectivity index (χ1) is 9.11. The first kappa shape index (κ1) is 16.1. The normalized spacial score (nSPS) is 12.8. The summed E-state index contributed by atoms with van der Waals surface area (Å²) in [6, 6.07) is 3.29. The molecule has 1 unspecified atom stereocenters. The number of anilines is 1. The Morgan fingerprint density at radius 1 is 1.35 bits per heavy atom. The van der Waals surface area contributed by atoms with Crippen LogP contribution in [0.4, 0.5) is 5.69 Å². The third-order valence-corrected chi connectivity index (χ3v) is 3.76. The fraction of sp³-hybridized carbons (Fsp3) is 0.333. The Morgan fingerprint density at radius 3 is 2.45 bits per heavy atom. The van der Waals surface area contributed by atoms with Gasteiger partial charge in [-0.05, 0) is 24.6 Å². The van der Waals surface area contributed by atoms with Gasteiger partial charge in [-0.2, -0.15) is 0 Å². The Labute approximate surface area is 117 Å². The molecule has 1 rings (SSSR count). The third-order valence-electron chi connectivity index (χ3n) is 2.65. The van der Waals surface area contributed by atoms with Crippen molar-refractivity contribution < 1.29 is 18.0 Å². The van der Waals surface area contributed by atoms with Crippen LogP contribution in [0.15, 0.2) is 23.1 Å². The summed E-state index contributed by atoms with van der Waals surface area (Å²) in [5.74, 6) is -1.29. The largest absolute Gasteiger partial charge is 0.370 e. The zero-order chi connectivity index (χ0) is 15.5. The topological polar surface area (TPSA) is 132 Å².